The second kappa shape index (κ2) is 4.64. The van der Waals surface area contributed by atoms with Gasteiger partial charge in [0.2, 0.25) is 11.6 Å². The quantitative estimate of drug-likeness (QED) is 0.604. The highest BCUT2D eigenvalue weighted by atomic mass is 19.2. The molecule has 1 aromatic carbocycles. The molecular formula is C12H8F4N2. The van der Waals surface area contributed by atoms with Crippen LogP contribution >= 0.6 is 0 Å². The minimum absolute atomic E-state index is 0.389. The molecule has 0 aliphatic rings. The topological polar surface area (TPSA) is 16.1 Å². The first-order chi connectivity index (χ1) is 8.52. The standard InChI is InChI=1S/C12H8F4N2/c1-18(7-5-3-2-4-6-7)10-8(13)11(15)17-12(16)9(10)14/h2-6H,1H3. The van der Waals surface area contributed by atoms with E-state index in [1.165, 1.54) is 7.05 Å². The average molecular weight is 256 g/mol. The van der Waals surface area contributed by atoms with Gasteiger partial charge in [-0.2, -0.15) is 22.5 Å². The molecule has 6 heteroatoms. The largest absolute Gasteiger partial charge is 0.340 e. The third-order valence-electron chi connectivity index (χ3n) is 2.45. The fraction of sp³-hybridized carbons (Fsp3) is 0.0833. The lowest BCUT2D eigenvalue weighted by molar-refractivity contribution is 0.409. The van der Waals surface area contributed by atoms with Crippen LogP contribution in [-0.4, -0.2) is 12.0 Å². The van der Waals surface area contributed by atoms with E-state index in [4.69, 9.17) is 0 Å². The maximum Gasteiger partial charge on any atom is 0.253 e. The highest BCUT2D eigenvalue weighted by molar-refractivity contribution is 5.63. The van der Waals surface area contributed by atoms with Gasteiger partial charge in [-0.05, 0) is 12.1 Å². The molecule has 18 heavy (non-hydrogen) atoms. The number of benzene rings is 1. The summed E-state index contributed by atoms with van der Waals surface area (Å²) in [4.78, 5) is 3.51. The van der Waals surface area contributed by atoms with Gasteiger partial charge in [0.05, 0.1) is 0 Å². The molecule has 1 aromatic heterocycles. The second-order valence-corrected chi connectivity index (χ2v) is 3.56. The van der Waals surface area contributed by atoms with Gasteiger partial charge in [0.15, 0.2) is 0 Å². The van der Waals surface area contributed by atoms with Crippen molar-refractivity contribution in [2.24, 2.45) is 0 Å². The first-order valence-electron chi connectivity index (χ1n) is 5.01. The van der Waals surface area contributed by atoms with Gasteiger partial charge in [0, 0.05) is 12.7 Å². The number of para-hydroxylation sites is 1. The number of anilines is 2. The van der Waals surface area contributed by atoms with Gasteiger partial charge in [-0.25, -0.2) is 0 Å². The van der Waals surface area contributed by atoms with E-state index < -0.39 is 29.2 Å². The molecule has 0 saturated heterocycles. The Morgan fingerprint density at radius 1 is 0.889 bits per heavy atom. The third-order valence-corrected chi connectivity index (χ3v) is 2.45. The number of pyridine rings is 1. The minimum Gasteiger partial charge on any atom is -0.340 e. The van der Waals surface area contributed by atoms with Gasteiger partial charge in [-0.15, -0.1) is 0 Å². The van der Waals surface area contributed by atoms with E-state index in [9.17, 15) is 17.6 Å². The lowest BCUT2D eigenvalue weighted by Crippen LogP contribution is -2.16. The van der Waals surface area contributed by atoms with E-state index in [0.717, 1.165) is 4.90 Å². The minimum atomic E-state index is -1.67. The summed E-state index contributed by atoms with van der Waals surface area (Å²) in [6.07, 6.45) is 0. The first-order valence-corrected chi connectivity index (χ1v) is 5.01. The summed E-state index contributed by atoms with van der Waals surface area (Å²) >= 11 is 0. The summed E-state index contributed by atoms with van der Waals surface area (Å²) < 4.78 is 52.9. The SMILES string of the molecule is CN(c1ccccc1)c1c(F)c(F)nc(F)c1F. The van der Waals surface area contributed by atoms with Crippen LogP contribution in [0.15, 0.2) is 30.3 Å². The zero-order valence-corrected chi connectivity index (χ0v) is 9.29. The van der Waals surface area contributed by atoms with Crippen LogP contribution in [0.4, 0.5) is 28.9 Å². The normalized spacial score (nSPS) is 10.5. The van der Waals surface area contributed by atoms with Crippen molar-refractivity contribution in [2.45, 2.75) is 0 Å². The average Bonchev–Trinajstić information content (AvgIpc) is 2.37. The Morgan fingerprint density at radius 3 is 1.89 bits per heavy atom. The van der Waals surface area contributed by atoms with Crippen LogP contribution in [0.3, 0.4) is 0 Å². The molecule has 1 heterocycles. The van der Waals surface area contributed by atoms with E-state index in [2.05, 4.69) is 4.98 Å². The van der Waals surface area contributed by atoms with Crippen molar-refractivity contribution in [2.75, 3.05) is 11.9 Å². The van der Waals surface area contributed by atoms with Crippen molar-refractivity contribution in [1.82, 2.24) is 4.98 Å². The highest BCUT2D eigenvalue weighted by Crippen LogP contribution is 2.30. The van der Waals surface area contributed by atoms with Gasteiger partial charge in [0.25, 0.3) is 11.9 Å². The van der Waals surface area contributed by atoms with E-state index in [-0.39, 0.29) is 0 Å². The number of aromatic nitrogens is 1. The number of nitrogens with zero attached hydrogens (tertiary/aromatic N) is 2. The van der Waals surface area contributed by atoms with Crippen LogP contribution in [0.2, 0.25) is 0 Å². The molecule has 0 radical (unpaired) electrons. The summed E-state index contributed by atoms with van der Waals surface area (Å²) in [6, 6.07) is 8.08. The van der Waals surface area contributed by atoms with Gasteiger partial charge in [0.1, 0.15) is 5.69 Å². The Morgan fingerprint density at radius 2 is 1.39 bits per heavy atom. The number of hydrogen-bond acceptors (Lipinski definition) is 2. The van der Waals surface area contributed by atoms with Crippen molar-refractivity contribution in [3.05, 3.63) is 53.9 Å². The highest BCUT2D eigenvalue weighted by Gasteiger charge is 2.24. The van der Waals surface area contributed by atoms with Crippen LogP contribution in [0.25, 0.3) is 0 Å². The van der Waals surface area contributed by atoms with E-state index in [1.807, 2.05) is 0 Å². The molecule has 94 valence electrons. The van der Waals surface area contributed by atoms with Crippen molar-refractivity contribution < 1.29 is 17.6 Å². The van der Waals surface area contributed by atoms with Crippen molar-refractivity contribution in [3.8, 4) is 0 Å². The van der Waals surface area contributed by atoms with Gasteiger partial charge < -0.3 is 4.90 Å². The molecule has 2 nitrogen and oxygen atoms in total. The zero-order chi connectivity index (χ0) is 13.3. The first kappa shape index (κ1) is 12.3. The molecule has 0 amide bonds. The van der Waals surface area contributed by atoms with E-state index >= 15 is 0 Å². The summed E-state index contributed by atoms with van der Waals surface area (Å²) in [5.74, 6) is -6.40. The number of rotatable bonds is 2. The fourth-order valence-electron chi connectivity index (χ4n) is 1.55. The fourth-order valence-corrected chi connectivity index (χ4v) is 1.55. The van der Waals surface area contributed by atoms with Crippen molar-refractivity contribution >= 4 is 11.4 Å². The van der Waals surface area contributed by atoms with Gasteiger partial charge in [-0.1, -0.05) is 18.2 Å². The summed E-state index contributed by atoms with van der Waals surface area (Å²) in [6.45, 7) is 0. The molecule has 0 atom stereocenters. The predicted octanol–water partition coefficient (Wildman–Crippen LogP) is 3.41. The Balaban J connectivity index is 2.58. The van der Waals surface area contributed by atoms with E-state index in [1.54, 1.807) is 30.3 Å². The Kier molecular flexibility index (Phi) is 3.18. The van der Waals surface area contributed by atoms with Crippen LogP contribution in [0.1, 0.15) is 0 Å². The van der Waals surface area contributed by atoms with Crippen LogP contribution < -0.4 is 4.90 Å². The van der Waals surface area contributed by atoms with Gasteiger partial charge >= 0.3 is 0 Å². The second-order valence-electron chi connectivity index (χ2n) is 3.56. The van der Waals surface area contributed by atoms with Crippen LogP contribution in [-0.2, 0) is 0 Å². The Hall–Kier alpha value is -2.11. The van der Waals surface area contributed by atoms with Gasteiger partial charge in [-0.3, -0.25) is 0 Å². The molecule has 2 rings (SSSR count). The molecule has 0 fully saturated rings. The predicted molar refractivity (Wildman–Crippen MR) is 58.6 cm³/mol. The summed E-state index contributed by atoms with van der Waals surface area (Å²) in [7, 11) is 1.30. The molecule has 2 aromatic rings. The Labute approximate surface area is 100 Å². The third kappa shape index (κ3) is 2.01. The van der Waals surface area contributed by atoms with Crippen molar-refractivity contribution in [3.63, 3.8) is 0 Å². The van der Waals surface area contributed by atoms with E-state index in [0.29, 0.717) is 5.69 Å². The number of halogens is 4. The summed E-state index contributed by atoms with van der Waals surface area (Å²) in [5, 5.41) is 0. The maximum atomic E-state index is 13.5. The maximum absolute atomic E-state index is 13.5. The zero-order valence-electron chi connectivity index (χ0n) is 9.29. The smallest absolute Gasteiger partial charge is 0.253 e. The molecule has 0 bridgehead atoms. The van der Waals surface area contributed by atoms with Crippen LogP contribution in [0.5, 0.6) is 0 Å². The number of hydrogen-bond donors (Lipinski definition) is 0. The monoisotopic (exact) mass is 256 g/mol. The molecule has 0 unspecified atom stereocenters. The Bertz CT molecular complexity index is 546. The molecular weight excluding hydrogens is 248 g/mol. The molecule has 0 aliphatic heterocycles. The lowest BCUT2D eigenvalue weighted by Gasteiger charge is -2.20. The molecule has 0 saturated carbocycles. The molecule has 0 spiro atoms. The molecule has 0 N–H and O–H groups in total. The summed E-state index contributed by atoms with van der Waals surface area (Å²) in [5.41, 5.74) is -0.425. The van der Waals surface area contributed by atoms with Crippen LogP contribution in [0, 0.1) is 23.5 Å². The molecule has 0 aliphatic carbocycles. The van der Waals surface area contributed by atoms with Crippen molar-refractivity contribution in [1.29, 1.82) is 0 Å². The lowest BCUT2D eigenvalue weighted by atomic mass is 10.2.